The van der Waals surface area contributed by atoms with Gasteiger partial charge >= 0.3 is 0 Å². The van der Waals surface area contributed by atoms with Crippen molar-refractivity contribution in [1.82, 2.24) is 4.90 Å². The number of ether oxygens (including phenoxy) is 3. The molecule has 0 bridgehead atoms. The highest BCUT2D eigenvalue weighted by Gasteiger charge is 2.38. The molecule has 0 aliphatic carbocycles. The molecule has 3 rings (SSSR count). The van der Waals surface area contributed by atoms with Crippen molar-refractivity contribution >= 4 is 5.91 Å². The van der Waals surface area contributed by atoms with Crippen molar-refractivity contribution in [2.24, 2.45) is 5.92 Å². The molecule has 2 aliphatic heterocycles. The summed E-state index contributed by atoms with van der Waals surface area (Å²) in [5, 5.41) is 9.30. The lowest BCUT2D eigenvalue weighted by Gasteiger charge is -2.38. The summed E-state index contributed by atoms with van der Waals surface area (Å²) < 4.78 is 30.5. The fraction of sp³-hybridized carbons (Fsp3) is 0.571. The second-order valence-corrected chi connectivity index (χ2v) is 6.98. The average molecular weight is 393 g/mol. The average Bonchev–Trinajstić information content (AvgIpc) is 2.73. The lowest BCUT2D eigenvalue weighted by molar-refractivity contribution is -0.171. The lowest BCUT2D eigenvalue weighted by Crippen LogP contribution is -2.44. The highest BCUT2D eigenvalue weighted by atomic mass is 19.1. The molecule has 0 radical (unpaired) electrons. The first-order chi connectivity index (χ1) is 13.6. The van der Waals surface area contributed by atoms with Gasteiger partial charge in [-0.2, -0.15) is 0 Å². The summed E-state index contributed by atoms with van der Waals surface area (Å²) in [6.07, 6.45) is 2.48. The number of halogens is 1. The first-order valence-corrected chi connectivity index (χ1v) is 9.87. The molecule has 0 aromatic heterocycles. The number of allylic oxidation sites excluding steroid dienone is 1. The number of aliphatic hydroxyl groups excluding tert-OH is 1. The summed E-state index contributed by atoms with van der Waals surface area (Å²) in [6.45, 7) is 4.44. The number of amides is 1. The van der Waals surface area contributed by atoms with E-state index in [0.29, 0.717) is 45.8 Å². The minimum Gasteiger partial charge on any atom is -0.459 e. The maximum Gasteiger partial charge on any atom is 0.288 e. The van der Waals surface area contributed by atoms with Gasteiger partial charge in [-0.1, -0.05) is 12.1 Å². The summed E-state index contributed by atoms with van der Waals surface area (Å²) in [4.78, 5) is 14.7. The topological polar surface area (TPSA) is 68.2 Å². The second kappa shape index (κ2) is 10.0. The van der Waals surface area contributed by atoms with Gasteiger partial charge in [0.05, 0.1) is 13.2 Å². The molecular formula is C21H28FNO5. The van der Waals surface area contributed by atoms with E-state index in [1.165, 1.54) is 12.1 Å². The molecule has 1 amide bonds. The van der Waals surface area contributed by atoms with Crippen LogP contribution in [0.3, 0.4) is 0 Å². The Bertz CT molecular complexity index is 672. The maximum atomic E-state index is 13.4. The fourth-order valence-corrected chi connectivity index (χ4v) is 3.74. The highest BCUT2D eigenvalue weighted by molar-refractivity contribution is 5.92. The molecule has 2 aliphatic rings. The number of morpholine rings is 1. The Labute approximate surface area is 164 Å². The Morgan fingerprint density at radius 3 is 2.64 bits per heavy atom. The quantitative estimate of drug-likeness (QED) is 0.771. The summed E-state index contributed by atoms with van der Waals surface area (Å²) in [5.41, 5.74) is 0.893. The summed E-state index contributed by atoms with van der Waals surface area (Å²) >= 11 is 0. The van der Waals surface area contributed by atoms with Crippen LogP contribution in [0.25, 0.3) is 0 Å². The van der Waals surface area contributed by atoms with E-state index in [4.69, 9.17) is 14.2 Å². The van der Waals surface area contributed by atoms with Gasteiger partial charge in [-0.15, -0.1) is 0 Å². The second-order valence-electron chi connectivity index (χ2n) is 6.98. The van der Waals surface area contributed by atoms with E-state index in [1.807, 2.05) is 13.0 Å². The third kappa shape index (κ3) is 4.90. The van der Waals surface area contributed by atoms with E-state index in [2.05, 4.69) is 0 Å². The van der Waals surface area contributed by atoms with Crippen LogP contribution in [0.15, 0.2) is 36.1 Å². The standard InChI is InChI=1S/C21H28FNO5/c1-2-27-21-17(4-3-11-24)18(15-5-7-16(22)8-6-15)14-19(28-21)20(25)23-9-12-26-13-10-23/h5-8,14,17-18,21,24H,2-4,9-13H2,1H3/t17-,18-,21-/m1/s1. The minimum absolute atomic E-state index is 0.0642. The molecule has 1 fully saturated rings. The predicted molar refractivity (Wildman–Crippen MR) is 101 cm³/mol. The Morgan fingerprint density at radius 1 is 1.29 bits per heavy atom. The molecule has 7 heteroatoms. The summed E-state index contributed by atoms with van der Waals surface area (Å²) in [5.74, 6) is -0.482. The van der Waals surface area contributed by atoms with Crippen molar-refractivity contribution in [3.63, 3.8) is 0 Å². The largest absolute Gasteiger partial charge is 0.459 e. The molecular weight excluding hydrogens is 365 g/mol. The number of carbonyl (C=O) groups excluding carboxylic acids is 1. The van der Waals surface area contributed by atoms with Crippen LogP contribution < -0.4 is 0 Å². The molecule has 28 heavy (non-hydrogen) atoms. The molecule has 6 nitrogen and oxygen atoms in total. The van der Waals surface area contributed by atoms with Gasteiger partial charge in [-0.25, -0.2) is 4.39 Å². The molecule has 1 aromatic rings. The van der Waals surface area contributed by atoms with E-state index < -0.39 is 6.29 Å². The Kier molecular flexibility index (Phi) is 7.42. The lowest BCUT2D eigenvalue weighted by atomic mass is 9.80. The Hall–Kier alpha value is -1.96. The number of nitrogens with zero attached hydrogens (tertiary/aromatic N) is 1. The van der Waals surface area contributed by atoms with E-state index in [9.17, 15) is 14.3 Å². The van der Waals surface area contributed by atoms with Gasteiger partial charge in [-0.05, 0) is 43.5 Å². The normalized spacial score (nSPS) is 25.2. The van der Waals surface area contributed by atoms with Crippen LogP contribution in [-0.2, 0) is 19.0 Å². The van der Waals surface area contributed by atoms with Gasteiger partial charge in [-0.3, -0.25) is 4.79 Å². The van der Waals surface area contributed by atoms with Gasteiger partial charge in [0.15, 0.2) is 5.76 Å². The van der Waals surface area contributed by atoms with Crippen LogP contribution in [0.4, 0.5) is 4.39 Å². The molecule has 3 atom stereocenters. The van der Waals surface area contributed by atoms with Crippen molar-refractivity contribution in [2.45, 2.75) is 32.0 Å². The van der Waals surface area contributed by atoms with Gasteiger partial charge in [0, 0.05) is 38.1 Å². The van der Waals surface area contributed by atoms with E-state index in [1.54, 1.807) is 17.0 Å². The third-order valence-electron chi connectivity index (χ3n) is 5.18. The molecule has 2 heterocycles. The summed E-state index contributed by atoms with van der Waals surface area (Å²) in [7, 11) is 0. The number of benzene rings is 1. The van der Waals surface area contributed by atoms with E-state index >= 15 is 0 Å². The number of hydrogen-bond acceptors (Lipinski definition) is 5. The molecule has 1 saturated heterocycles. The zero-order chi connectivity index (χ0) is 19.9. The van der Waals surface area contributed by atoms with Gasteiger partial charge in [0.25, 0.3) is 5.91 Å². The van der Waals surface area contributed by atoms with Crippen LogP contribution >= 0.6 is 0 Å². The fourth-order valence-electron chi connectivity index (χ4n) is 3.74. The molecule has 154 valence electrons. The van der Waals surface area contributed by atoms with Crippen LogP contribution in [0.2, 0.25) is 0 Å². The zero-order valence-electron chi connectivity index (χ0n) is 16.2. The van der Waals surface area contributed by atoms with E-state index in [-0.39, 0.29) is 35.9 Å². The Morgan fingerprint density at radius 2 is 2.00 bits per heavy atom. The van der Waals surface area contributed by atoms with Crippen molar-refractivity contribution in [3.05, 3.63) is 47.5 Å². The number of carbonyl (C=O) groups is 1. The van der Waals surface area contributed by atoms with Crippen LogP contribution in [0.1, 0.15) is 31.2 Å². The zero-order valence-corrected chi connectivity index (χ0v) is 16.2. The van der Waals surface area contributed by atoms with E-state index in [0.717, 1.165) is 5.56 Å². The number of aliphatic hydroxyl groups is 1. The first-order valence-electron chi connectivity index (χ1n) is 9.87. The van der Waals surface area contributed by atoms with Gasteiger partial charge < -0.3 is 24.2 Å². The monoisotopic (exact) mass is 393 g/mol. The van der Waals surface area contributed by atoms with Crippen LogP contribution in [0, 0.1) is 11.7 Å². The molecule has 1 N–H and O–H groups in total. The van der Waals surface area contributed by atoms with Crippen LogP contribution in [0.5, 0.6) is 0 Å². The number of rotatable bonds is 7. The Balaban J connectivity index is 1.92. The predicted octanol–water partition coefficient (Wildman–Crippen LogP) is 2.43. The molecule has 0 unspecified atom stereocenters. The molecule has 1 aromatic carbocycles. The van der Waals surface area contributed by atoms with Crippen molar-refractivity contribution in [3.8, 4) is 0 Å². The minimum atomic E-state index is -0.600. The SMILES string of the molecule is CCO[C@@H]1OC(C(=O)N2CCOCC2)=C[C@H](c2ccc(F)cc2)[C@H]1CCCO. The first kappa shape index (κ1) is 20.8. The summed E-state index contributed by atoms with van der Waals surface area (Å²) in [6, 6.07) is 6.29. The van der Waals surface area contributed by atoms with Crippen molar-refractivity contribution in [1.29, 1.82) is 0 Å². The maximum absolute atomic E-state index is 13.4. The molecule has 0 saturated carbocycles. The van der Waals surface area contributed by atoms with Crippen LogP contribution in [-0.4, -0.2) is 61.7 Å². The van der Waals surface area contributed by atoms with Gasteiger partial charge in [0.1, 0.15) is 5.82 Å². The van der Waals surface area contributed by atoms with Crippen molar-refractivity contribution in [2.75, 3.05) is 39.5 Å². The third-order valence-corrected chi connectivity index (χ3v) is 5.18. The highest BCUT2D eigenvalue weighted by Crippen LogP contribution is 2.39. The number of hydrogen-bond donors (Lipinski definition) is 1. The van der Waals surface area contributed by atoms with Gasteiger partial charge in [0.2, 0.25) is 6.29 Å². The van der Waals surface area contributed by atoms with Crippen molar-refractivity contribution < 1.29 is 28.5 Å². The molecule has 0 spiro atoms. The smallest absolute Gasteiger partial charge is 0.288 e.